The third-order valence-corrected chi connectivity index (χ3v) is 7.86. The molecule has 3 aromatic rings. The zero-order valence-corrected chi connectivity index (χ0v) is 19.8. The second kappa shape index (κ2) is 7.43. The van der Waals surface area contributed by atoms with Gasteiger partial charge in [0, 0.05) is 45.1 Å². The van der Waals surface area contributed by atoms with Crippen LogP contribution in [0.25, 0.3) is 10.9 Å². The second-order valence-electron chi connectivity index (χ2n) is 8.66. The molecule has 1 N–H and O–H groups in total. The lowest BCUT2D eigenvalue weighted by atomic mass is 9.71. The maximum atomic E-state index is 13.4. The Morgan fingerprint density at radius 1 is 1.17 bits per heavy atom. The van der Waals surface area contributed by atoms with E-state index in [1.54, 1.807) is 11.9 Å². The van der Waals surface area contributed by atoms with Gasteiger partial charge in [-0.25, -0.2) is 0 Å². The highest BCUT2D eigenvalue weighted by molar-refractivity contribution is 9.10. The van der Waals surface area contributed by atoms with Crippen molar-refractivity contribution in [3.8, 4) is 5.75 Å². The molecule has 30 heavy (non-hydrogen) atoms. The van der Waals surface area contributed by atoms with Gasteiger partial charge in [0.05, 0.1) is 5.56 Å². The first-order valence-electron chi connectivity index (χ1n) is 10.3. The quantitative estimate of drug-likeness (QED) is 0.468. The van der Waals surface area contributed by atoms with Crippen LogP contribution in [0, 0.1) is 0 Å². The number of ketones is 1. The average Bonchev–Trinajstić information content (AvgIpc) is 3.13. The number of hydrogen-bond donors (Lipinski definition) is 1. The van der Waals surface area contributed by atoms with Gasteiger partial charge >= 0.3 is 0 Å². The van der Waals surface area contributed by atoms with E-state index in [1.165, 1.54) is 0 Å². The van der Waals surface area contributed by atoms with Crippen LogP contribution in [0.1, 0.15) is 53.9 Å². The maximum absolute atomic E-state index is 13.4. The first kappa shape index (κ1) is 20.2. The number of aromatic amines is 1. The van der Waals surface area contributed by atoms with Crippen LogP contribution in [0.3, 0.4) is 0 Å². The van der Waals surface area contributed by atoms with Gasteiger partial charge < -0.3 is 9.72 Å². The highest BCUT2D eigenvalue weighted by Gasteiger charge is 2.40. The summed E-state index contributed by atoms with van der Waals surface area (Å²) in [5.41, 5.74) is 4.27. The predicted octanol–water partition coefficient (Wildman–Crippen LogP) is 5.92. The Morgan fingerprint density at radius 3 is 2.67 bits per heavy atom. The molecule has 2 aromatic carbocycles. The van der Waals surface area contributed by atoms with Crippen LogP contribution < -0.4 is 4.74 Å². The number of ether oxygens (including phenoxy) is 1. The third-order valence-electron chi connectivity index (χ3n) is 6.48. The fourth-order valence-electron chi connectivity index (χ4n) is 4.78. The van der Waals surface area contributed by atoms with Gasteiger partial charge in [-0.1, -0.05) is 47.8 Å². The van der Waals surface area contributed by atoms with Crippen molar-refractivity contribution in [1.29, 1.82) is 0 Å². The number of rotatable bonds is 3. The molecule has 156 valence electrons. The topological polar surface area (TPSA) is 45.3 Å². The summed E-state index contributed by atoms with van der Waals surface area (Å²) in [5, 5.41) is 0.984. The second-order valence-corrected chi connectivity index (χ2v) is 10.5. The number of carbonyl (C=O) groups excluding carboxylic acids is 1. The van der Waals surface area contributed by atoms with E-state index in [2.05, 4.69) is 51.4 Å². The molecule has 0 atom stereocenters. The number of nitrogens with zero attached hydrogens (tertiary/aromatic N) is 1. The van der Waals surface area contributed by atoms with Gasteiger partial charge in [-0.3, -0.25) is 9.10 Å². The molecule has 1 fully saturated rings. The summed E-state index contributed by atoms with van der Waals surface area (Å²) in [4.78, 5) is 17.0. The summed E-state index contributed by atoms with van der Waals surface area (Å²) in [6, 6.07) is 12.0. The van der Waals surface area contributed by atoms with Crippen molar-refractivity contribution in [3.63, 3.8) is 0 Å². The van der Waals surface area contributed by atoms with Crippen LogP contribution in [0.5, 0.6) is 5.75 Å². The van der Waals surface area contributed by atoms with E-state index < -0.39 is 0 Å². The molecule has 4 nitrogen and oxygen atoms in total. The van der Waals surface area contributed by atoms with Gasteiger partial charge in [0.1, 0.15) is 11.9 Å². The fourth-order valence-corrected chi connectivity index (χ4v) is 5.72. The molecule has 1 saturated heterocycles. The van der Waals surface area contributed by atoms with E-state index in [0.717, 1.165) is 69.4 Å². The molecule has 1 aliphatic heterocycles. The van der Waals surface area contributed by atoms with Gasteiger partial charge in [-0.05, 0) is 55.0 Å². The molecule has 0 spiro atoms. The summed E-state index contributed by atoms with van der Waals surface area (Å²) in [5.74, 6) is 0.951. The van der Waals surface area contributed by atoms with Gasteiger partial charge in [-0.15, -0.1) is 0 Å². The van der Waals surface area contributed by atoms with Crippen LogP contribution in [-0.2, 0) is 5.41 Å². The van der Waals surface area contributed by atoms with Gasteiger partial charge in [-0.2, -0.15) is 0 Å². The van der Waals surface area contributed by atoms with Gasteiger partial charge in [0.2, 0.25) is 0 Å². The highest BCUT2D eigenvalue weighted by Crippen LogP contribution is 2.45. The summed E-state index contributed by atoms with van der Waals surface area (Å²) >= 11 is 5.34. The van der Waals surface area contributed by atoms with Crippen molar-refractivity contribution in [1.82, 2.24) is 9.29 Å². The number of H-pyrrole nitrogens is 1. The van der Waals surface area contributed by atoms with E-state index in [4.69, 9.17) is 4.74 Å². The minimum atomic E-state index is -0.314. The Hall–Kier alpha value is -1.76. The van der Waals surface area contributed by atoms with Gasteiger partial charge in [0.15, 0.2) is 5.78 Å². The molecule has 2 aliphatic rings. The number of aromatic nitrogens is 1. The molecule has 0 amide bonds. The number of halogens is 1. The molecule has 0 radical (unpaired) electrons. The van der Waals surface area contributed by atoms with Crippen molar-refractivity contribution >= 4 is 44.6 Å². The number of piperidine rings is 1. The SMILES string of the molecule is CSN1CCC(Oc2ccc3c(c2)C(C)(C)c2[nH]c4cc(Br)ccc4c2C3=O)CC1. The average molecular weight is 485 g/mol. The van der Waals surface area contributed by atoms with Gasteiger partial charge in [0.25, 0.3) is 0 Å². The first-order chi connectivity index (χ1) is 14.4. The molecule has 0 unspecified atom stereocenters. The third kappa shape index (κ3) is 3.20. The molecule has 1 aromatic heterocycles. The van der Waals surface area contributed by atoms with Crippen LogP contribution in [-0.4, -0.2) is 40.5 Å². The summed E-state index contributed by atoms with van der Waals surface area (Å²) in [6.45, 7) is 6.47. The Bertz CT molecular complexity index is 1150. The van der Waals surface area contributed by atoms with E-state index >= 15 is 0 Å². The number of carbonyl (C=O) groups is 1. The first-order valence-corrected chi connectivity index (χ1v) is 12.3. The fraction of sp³-hybridized carbons (Fsp3) is 0.375. The summed E-state index contributed by atoms with van der Waals surface area (Å²) in [7, 11) is 0. The zero-order valence-electron chi connectivity index (χ0n) is 17.4. The lowest BCUT2D eigenvalue weighted by molar-refractivity contribution is 0.103. The minimum Gasteiger partial charge on any atom is -0.490 e. The number of nitrogens with one attached hydrogen (secondary N) is 1. The zero-order chi connectivity index (χ0) is 21.0. The Morgan fingerprint density at radius 2 is 1.93 bits per heavy atom. The molecular formula is C24H25BrN2O2S. The largest absolute Gasteiger partial charge is 0.490 e. The molecule has 1 aliphatic carbocycles. The molecule has 6 heteroatoms. The lowest BCUT2D eigenvalue weighted by Gasteiger charge is -2.33. The molecular weight excluding hydrogens is 460 g/mol. The smallest absolute Gasteiger partial charge is 0.195 e. The molecule has 2 heterocycles. The monoisotopic (exact) mass is 484 g/mol. The summed E-state index contributed by atoms with van der Waals surface area (Å²) < 4.78 is 9.72. The number of fused-ring (bicyclic) bond motifs is 4. The van der Waals surface area contributed by atoms with E-state index in [-0.39, 0.29) is 17.3 Å². The normalized spacial score (nSPS) is 19.0. The van der Waals surface area contributed by atoms with E-state index in [0.29, 0.717) is 0 Å². The number of benzene rings is 2. The van der Waals surface area contributed by atoms with Crippen LogP contribution in [0.2, 0.25) is 0 Å². The van der Waals surface area contributed by atoms with Crippen LogP contribution in [0.15, 0.2) is 40.9 Å². The standard InChI is InChI=1S/C24H25BrN2O2S/c1-24(2)19-13-16(29-15-8-10-27(30-3)11-9-15)5-7-17(19)22(28)21-18-6-4-14(25)12-20(18)26-23(21)24/h4-7,12-13,15,26H,8-11H2,1-3H3. The Kier molecular flexibility index (Phi) is 4.99. The highest BCUT2D eigenvalue weighted by atomic mass is 79.9. The Labute approximate surface area is 189 Å². The van der Waals surface area contributed by atoms with Crippen molar-refractivity contribution in [2.75, 3.05) is 19.3 Å². The van der Waals surface area contributed by atoms with Crippen LogP contribution in [0.4, 0.5) is 0 Å². The van der Waals surface area contributed by atoms with E-state index in [1.807, 2.05) is 30.3 Å². The summed E-state index contributed by atoms with van der Waals surface area (Å²) in [6.07, 6.45) is 4.42. The van der Waals surface area contributed by atoms with Crippen molar-refractivity contribution < 1.29 is 9.53 Å². The predicted molar refractivity (Wildman–Crippen MR) is 127 cm³/mol. The minimum absolute atomic E-state index is 0.0905. The Balaban J connectivity index is 1.51. The van der Waals surface area contributed by atoms with E-state index in [9.17, 15) is 4.79 Å². The maximum Gasteiger partial charge on any atom is 0.195 e. The van der Waals surface area contributed by atoms with Crippen molar-refractivity contribution in [2.24, 2.45) is 0 Å². The van der Waals surface area contributed by atoms with Crippen molar-refractivity contribution in [2.45, 2.75) is 38.2 Å². The molecule has 5 rings (SSSR count). The van der Waals surface area contributed by atoms with Crippen LogP contribution >= 0.6 is 27.9 Å². The molecule has 0 saturated carbocycles. The lowest BCUT2D eigenvalue weighted by Crippen LogP contribution is -2.34. The number of hydrogen-bond acceptors (Lipinski definition) is 4. The molecule has 0 bridgehead atoms. The van der Waals surface area contributed by atoms with Crippen molar-refractivity contribution in [3.05, 3.63) is 63.3 Å².